The van der Waals surface area contributed by atoms with Crippen LogP contribution in [0.3, 0.4) is 0 Å². The molecule has 0 spiro atoms. The molecule has 5 atom stereocenters. The van der Waals surface area contributed by atoms with Crippen LogP contribution in [-0.2, 0) is 24.2 Å². The molecule has 4 aliphatic heterocycles. The lowest BCUT2D eigenvalue weighted by atomic mass is 9.76. The molecule has 8 nitrogen and oxygen atoms in total. The van der Waals surface area contributed by atoms with Gasteiger partial charge in [0.1, 0.15) is 18.6 Å². The molecule has 2 aromatic rings. The van der Waals surface area contributed by atoms with Crippen LogP contribution in [0.4, 0.5) is 15.9 Å². The summed E-state index contributed by atoms with van der Waals surface area (Å²) in [6.45, 7) is 6.05. The van der Waals surface area contributed by atoms with Crippen molar-refractivity contribution in [1.82, 2.24) is 14.9 Å². The van der Waals surface area contributed by atoms with Crippen LogP contribution >= 0.6 is 0 Å². The van der Waals surface area contributed by atoms with Gasteiger partial charge in [-0.3, -0.25) is 4.90 Å². The summed E-state index contributed by atoms with van der Waals surface area (Å²) < 4.78 is 27.5. The van der Waals surface area contributed by atoms with Gasteiger partial charge in [-0.2, -0.15) is 15.2 Å². The topological polar surface area (TPSA) is 101 Å². The van der Waals surface area contributed by atoms with Gasteiger partial charge in [-0.05, 0) is 93.7 Å². The second-order valence-corrected chi connectivity index (χ2v) is 13.0. The second kappa shape index (κ2) is 10.7. The number of ether oxygens (including phenoxy) is 2. The highest BCUT2D eigenvalue weighted by Crippen LogP contribution is 2.44. The van der Waals surface area contributed by atoms with Gasteiger partial charge in [0.05, 0.1) is 30.0 Å². The number of benzene rings is 1. The molecule has 7 rings (SSSR count). The molecule has 0 radical (unpaired) electrons. The molecule has 0 bridgehead atoms. The van der Waals surface area contributed by atoms with Crippen LogP contribution < -0.4 is 15.4 Å². The number of halogens is 1. The summed E-state index contributed by atoms with van der Waals surface area (Å²) in [7, 11) is 0. The monoisotopic (exact) mass is 560 g/mol. The van der Waals surface area contributed by atoms with Crippen molar-refractivity contribution in [2.75, 3.05) is 43.4 Å². The number of nitriles is 1. The van der Waals surface area contributed by atoms with Crippen molar-refractivity contribution in [3.8, 4) is 12.1 Å². The first-order valence-corrected chi connectivity index (χ1v) is 15.5. The Hall–Kier alpha value is -2.96. The third-order valence-electron chi connectivity index (χ3n) is 10.4. The lowest BCUT2D eigenvalue weighted by molar-refractivity contribution is 0.0183. The summed E-state index contributed by atoms with van der Waals surface area (Å²) >= 11 is 0. The van der Waals surface area contributed by atoms with E-state index in [1.165, 1.54) is 16.7 Å². The van der Waals surface area contributed by atoms with E-state index in [0.29, 0.717) is 32.2 Å². The molecule has 5 heterocycles. The Morgan fingerprint density at radius 2 is 2.07 bits per heavy atom. The number of anilines is 2. The molecule has 9 heteroatoms. The maximum Gasteiger partial charge on any atom is 0.318 e. The van der Waals surface area contributed by atoms with Crippen molar-refractivity contribution in [3.63, 3.8) is 0 Å². The van der Waals surface area contributed by atoms with Crippen molar-refractivity contribution >= 4 is 11.5 Å². The first-order chi connectivity index (χ1) is 19.9. The molecule has 41 heavy (non-hydrogen) atoms. The molecule has 218 valence electrons. The zero-order chi connectivity index (χ0) is 28.1. The molecule has 1 aliphatic carbocycles. The Labute approximate surface area is 242 Å². The Morgan fingerprint density at radius 1 is 1.17 bits per heavy atom. The second-order valence-electron chi connectivity index (χ2n) is 13.0. The Morgan fingerprint density at radius 3 is 2.95 bits per heavy atom. The SMILES string of the molecule is Cc1cc(N)cc2c1CC[C@@H]1OCc3c(nc(OC[C@@]45CCCN4C[C@H](F)C5)nc3N3CCC[C@H](C#N)CC3)CC21. The number of rotatable bonds is 4. The summed E-state index contributed by atoms with van der Waals surface area (Å²) in [5.41, 5.74) is 12.8. The first kappa shape index (κ1) is 26.9. The maximum atomic E-state index is 14.4. The molecule has 5 aliphatic rings. The van der Waals surface area contributed by atoms with Crippen LogP contribution in [0.5, 0.6) is 6.01 Å². The highest BCUT2D eigenvalue weighted by molar-refractivity contribution is 5.54. The fraction of sp³-hybridized carbons (Fsp3) is 0.656. The molecule has 3 fully saturated rings. The van der Waals surface area contributed by atoms with Crippen LogP contribution in [0.1, 0.15) is 78.8 Å². The van der Waals surface area contributed by atoms with Crippen LogP contribution in [-0.4, -0.2) is 65.5 Å². The number of aromatic nitrogens is 2. The smallest absolute Gasteiger partial charge is 0.318 e. The van der Waals surface area contributed by atoms with Crippen LogP contribution in [0, 0.1) is 24.2 Å². The summed E-state index contributed by atoms with van der Waals surface area (Å²) in [6.07, 6.45) is 7.19. The van der Waals surface area contributed by atoms with Gasteiger partial charge in [0.25, 0.3) is 0 Å². The van der Waals surface area contributed by atoms with Gasteiger partial charge < -0.3 is 20.1 Å². The van der Waals surface area contributed by atoms with Crippen molar-refractivity contribution in [1.29, 1.82) is 5.26 Å². The maximum absolute atomic E-state index is 14.4. The molecule has 2 N–H and O–H groups in total. The summed E-state index contributed by atoms with van der Waals surface area (Å²) in [6, 6.07) is 7.05. The highest BCUT2D eigenvalue weighted by Gasteiger charge is 2.49. The average Bonchev–Trinajstić information content (AvgIpc) is 3.27. The number of fused-ring (bicyclic) bond motifs is 5. The fourth-order valence-corrected chi connectivity index (χ4v) is 8.30. The summed E-state index contributed by atoms with van der Waals surface area (Å²) in [5.74, 6) is 1.11. The van der Waals surface area contributed by atoms with E-state index in [4.69, 9.17) is 25.2 Å². The Kier molecular flexibility index (Phi) is 7.03. The van der Waals surface area contributed by atoms with Gasteiger partial charge in [-0.1, -0.05) is 0 Å². The van der Waals surface area contributed by atoms with Crippen molar-refractivity contribution < 1.29 is 13.9 Å². The third-order valence-corrected chi connectivity index (χ3v) is 10.4. The number of hydrogen-bond donors (Lipinski definition) is 1. The van der Waals surface area contributed by atoms with Crippen LogP contribution in [0.2, 0.25) is 0 Å². The Balaban J connectivity index is 1.25. The van der Waals surface area contributed by atoms with Crippen LogP contribution in [0.25, 0.3) is 0 Å². The molecule has 0 saturated carbocycles. The fourth-order valence-electron chi connectivity index (χ4n) is 8.30. The number of nitrogen functional groups attached to an aromatic ring is 1. The van der Waals surface area contributed by atoms with E-state index in [2.05, 4.69) is 34.9 Å². The van der Waals surface area contributed by atoms with E-state index in [9.17, 15) is 9.65 Å². The van der Waals surface area contributed by atoms with E-state index in [0.717, 1.165) is 93.8 Å². The first-order valence-electron chi connectivity index (χ1n) is 15.5. The zero-order valence-corrected chi connectivity index (χ0v) is 24.1. The average molecular weight is 561 g/mol. The molecular formula is C32H41FN6O2. The molecule has 1 aromatic carbocycles. The minimum absolute atomic E-state index is 0.0731. The molecule has 1 unspecified atom stereocenters. The lowest BCUT2D eigenvalue weighted by Crippen LogP contribution is -2.43. The van der Waals surface area contributed by atoms with E-state index in [-0.39, 0.29) is 23.5 Å². The van der Waals surface area contributed by atoms with E-state index >= 15 is 0 Å². The lowest BCUT2D eigenvalue weighted by Gasteiger charge is -2.33. The zero-order valence-electron chi connectivity index (χ0n) is 24.1. The summed E-state index contributed by atoms with van der Waals surface area (Å²) in [5, 5.41) is 9.58. The quantitative estimate of drug-likeness (QED) is 0.541. The van der Waals surface area contributed by atoms with Crippen molar-refractivity contribution in [2.24, 2.45) is 5.92 Å². The van der Waals surface area contributed by atoms with Gasteiger partial charge in [0.2, 0.25) is 0 Å². The number of aryl methyl sites for hydroxylation is 1. The van der Waals surface area contributed by atoms with E-state index in [1.807, 2.05) is 0 Å². The number of nitrogens with two attached hydrogens (primary N) is 1. The minimum atomic E-state index is -0.802. The molecule has 3 saturated heterocycles. The molecule has 1 aromatic heterocycles. The Bertz CT molecular complexity index is 1360. The van der Waals surface area contributed by atoms with Gasteiger partial charge in [-0.15, -0.1) is 0 Å². The normalized spacial score (nSPS) is 31.3. The third kappa shape index (κ3) is 4.93. The van der Waals surface area contributed by atoms with Crippen LogP contribution in [0.15, 0.2) is 12.1 Å². The van der Waals surface area contributed by atoms with Crippen molar-refractivity contribution in [2.45, 2.75) is 95.1 Å². The van der Waals surface area contributed by atoms with Gasteiger partial charge >= 0.3 is 6.01 Å². The number of hydrogen-bond acceptors (Lipinski definition) is 8. The van der Waals surface area contributed by atoms with Crippen molar-refractivity contribution in [3.05, 3.63) is 40.1 Å². The van der Waals surface area contributed by atoms with Gasteiger partial charge in [0, 0.05) is 49.1 Å². The standard InChI is InChI=1S/C32H41FN6O2/c1-20-12-23(35)13-25-24(20)5-6-29-26(25)14-28-27(18-40-29)30(38-9-2-4-21(16-34)7-11-38)37-31(36-28)41-19-32-8-3-10-39(32)17-22(33)15-32/h12-13,21-22,26,29H,2-11,14-15,17-19,35H2,1H3/t21-,22+,26?,29-,32-/m0/s1. The highest BCUT2D eigenvalue weighted by atomic mass is 19.1. The van der Waals surface area contributed by atoms with Gasteiger partial charge in [-0.25, -0.2) is 4.39 Å². The predicted octanol–water partition coefficient (Wildman–Crippen LogP) is 4.62. The minimum Gasteiger partial charge on any atom is -0.461 e. The molecule has 0 amide bonds. The number of nitrogens with zero attached hydrogens (tertiary/aromatic N) is 5. The summed E-state index contributed by atoms with van der Waals surface area (Å²) in [4.78, 5) is 14.6. The van der Waals surface area contributed by atoms with E-state index < -0.39 is 6.17 Å². The largest absolute Gasteiger partial charge is 0.461 e. The number of alkyl halides is 1. The van der Waals surface area contributed by atoms with E-state index in [1.54, 1.807) is 0 Å². The predicted molar refractivity (Wildman–Crippen MR) is 155 cm³/mol. The van der Waals surface area contributed by atoms with Gasteiger partial charge in [0.15, 0.2) is 0 Å². The molecular weight excluding hydrogens is 519 g/mol.